The van der Waals surface area contributed by atoms with Crippen molar-refractivity contribution in [1.29, 1.82) is 0 Å². The lowest BCUT2D eigenvalue weighted by molar-refractivity contribution is 0.102. The van der Waals surface area contributed by atoms with Crippen molar-refractivity contribution in [1.82, 2.24) is 14.5 Å². The Balaban J connectivity index is 0.00000259. The standard InChI is InChI=1S/C26H26N4O2.H2/c1-26(2)12-15-30-22-9-5-4-8-20(22)28-25(30)29-24(31)18-11-14-27-21(17-18)19-7-3-6-10-23(19)32-16-13-26;/h3-11,14,17H,12-13,15-16H2,1-2H3,(H,28,29,31);1H. The molecule has 1 amide bonds. The first-order valence-electron chi connectivity index (χ1n) is 11.0. The van der Waals surface area contributed by atoms with Gasteiger partial charge in [-0.3, -0.25) is 15.1 Å². The molecule has 0 atom stereocenters. The van der Waals surface area contributed by atoms with Crippen LogP contribution in [0.2, 0.25) is 0 Å². The Labute approximate surface area is 188 Å². The number of benzene rings is 2. The molecule has 0 fully saturated rings. The van der Waals surface area contributed by atoms with Crippen molar-refractivity contribution in [2.75, 3.05) is 11.9 Å². The van der Waals surface area contributed by atoms with Crippen LogP contribution in [0, 0.1) is 5.41 Å². The van der Waals surface area contributed by atoms with Crippen molar-refractivity contribution in [2.45, 2.75) is 33.2 Å². The minimum Gasteiger partial charge on any atom is -0.493 e. The van der Waals surface area contributed by atoms with E-state index in [1.165, 1.54) is 0 Å². The number of para-hydroxylation sites is 3. The maximum absolute atomic E-state index is 13.2. The SMILES string of the molecule is CC1(C)CCOc2ccccc2-c2cc(ccn2)C(=O)Nc2nc3ccccc3n2CC1.[HH]. The predicted octanol–water partition coefficient (Wildman–Crippen LogP) is 5.80. The van der Waals surface area contributed by atoms with Gasteiger partial charge in [-0.2, -0.15) is 0 Å². The Kier molecular flexibility index (Phi) is 5.13. The van der Waals surface area contributed by atoms with Gasteiger partial charge in [-0.15, -0.1) is 0 Å². The number of rotatable bonds is 0. The largest absolute Gasteiger partial charge is 0.493 e. The molecule has 164 valence electrons. The number of imidazole rings is 1. The fourth-order valence-electron chi connectivity index (χ4n) is 4.07. The van der Waals surface area contributed by atoms with Crippen LogP contribution in [0.1, 0.15) is 38.5 Å². The minimum absolute atomic E-state index is 0. The maximum Gasteiger partial charge on any atom is 0.258 e. The quantitative estimate of drug-likeness (QED) is 0.385. The van der Waals surface area contributed by atoms with Crippen molar-refractivity contribution in [3.63, 3.8) is 0 Å². The van der Waals surface area contributed by atoms with Crippen LogP contribution in [0.25, 0.3) is 22.3 Å². The molecule has 5 rings (SSSR count). The number of nitrogens with one attached hydrogen (secondary N) is 1. The summed E-state index contributed by atoms with van der Waals surface area (Å²) < 4.78 is 8.29. The molecule has 1 aliphatic heterocycles. The molecule has 1 N–H and O–H groups in total. The highest BCUT2D eigenvalue weighted by Gasteiger charge is 2.22. The third-order valence-corrected chi connectivity index (χ3v) is 6.11. The van der Waals surface area contributed by atoms with Crippen molar-refractivity contribution >= 4 is 22.9 Å². The first-order chi connectivity index (χ1) is 15.5. The Morgan fingerprint density at radius 1 is 1.06 bits per heavy atom. The summed E-state index contributed by atoms with van der Waals surface area (Å²) in [6, 6.07) is 19.3. The highest BCUT2D eigenvalue weighted by Crippen LogP contribution is 2.32. The zero-order valence-electron chi connectivity index (χ0n) is 18.3. The summed E-state index contributed by atoms with van der Waals surface area (Å²) in [7, 11) is 0. The molecule has 2 aromatic heterocycles. The average Bonchev–Trinajstić information content (AvgIpc) is 3.14. The number of carbonyl (C=O) groups is 1. The molecule has 3 heterocycles. The van der Waals surface area contributed by atoms with Gasteiger partial charge in [0.1, 0.15) is 5.75 Å². The van der Waals surface area contributed by atoms with E-state index < -0.39 is 0 Å². The first-order valence-corrected chi connectivity index (χ1v) is 11.0. The van der Waals surface area contributed by atoms with E-state index in [2.05, 4.69) is 28.7 Å². The van der Waals surface area contributed by atoms with Gasteiger partial charge in [0, 0.05) is 25.3 Å². The summed E-state index contributed by atoms with van der Waals surface area (Å²) in [5.41, 5.74) is 4.05. The number of nitrogens with zero attached hydrogens (tertiary/aromatic N) is 3. The average molecular weight is 429 g/mol. The summed E-state index contributed by atoms with van der Waals surface area (Å²) in [5.74, 6) is 1.14. The van der Waals surface area contributed by atoms with E-state index in [-0.39, 0.29) is 12.7 Å². The van der Waals surface area contributed by atoms with Crippen LogP contribution in [0.5, 0.6) is 5.75 Å². The van der Waals surface area contributed by atoms with E-state index in [1.54, 1.807) is 18.3 Å². The molecular formula is C26H28N4O2. The number of hydrogen-bond acceptors (Lipinski definition) is 4. The smallest absolute Gasteiger partial charge is 0.258 e. The van der Waals surface area contributed by atoms with E-state index in [4.69, 9.17) is 9.72 Å². The number of carbonyl (C=O) groups excluding carboxylic acids is 1. The van der Waals surface area contributed by atoms with Gasteiger partial charge in [-0.25, -0.2) is 4.98 Å². The zero-order valence-corrected chi connectivity index (χ0v) is 18.3. The number of amides is 1. The highest BCUT2D eigenvalue weighted by atomic mass is 16.5. The third-order valence-electron chi connectivity index (χ3n) is 6.11. The van der Waals surface area contributed by atoms with Crippen LogP contribution in [0.4, 0.5) is 5.95 Å². The molecule has 32 heavy (non-hydrogen) atoms. The van der Waals surface area contributed by atoms with Gasteiger partial charge < -0.3 is 9.30 Å². The third kappa shape index (κ3) is 3.96. The van der Waals surface area contributed by atoms with E-state index >= 15 is 0 Å². The molecule has 0 aliphatic carbocycles. The molecular weight excluding hydrogens is 400 g/mol. The molecule has 2 aromatic carbocycles. The molecule has 0 saturated heterocycles. The van der Waals surface area contributed by atoms with Crippen molar-refractivity contribution < 1.29 is 11.0 Å². The monoisotopic (exact) mass is 428 g/mol. The molecule has 0 radical (unpaired) electrons. The second-order valence-electron chi connectivity index (χ2n) is 8.97. The van der Waals surface area contributed by atoms with Gasteiger partial charge in [0.25, 0.3) is 5.91 Å². The van der Waals surface area contributed by atoms with Gasteiger partial charge in [-0.1, -0.05) is 38.1 Å². The van der Waals surface area contributed by atoms with Gasteiger partial charge in [0.05, 0.1) is 23.3 Å². The Morgan fingerprint density at radius 3 is 2.78 bits per heavy atom. The Morgan fingerprint density at radius 2 is 1.88 bits per heavy atom. The van der Waals surface area contributed by atoms with Crippen LogP contribution >= 0.6 is 0 Å². The number of aromatic nitrogens is 3. The summed E-state index contributed by atoms with van der Waals surface area (Å²) in [4.78, 5) is 22.4. The minimum atomic E-state index is -0.210. The van der Waals surface area contributed by atoms with E-state index in [0.29, 0.717) is 23.8 Å². The summed E-state index contributed by atoms with van der Waals surface area (Å²) in [5, 5.41) is 3.03. The predicted molar refractivity (Wildman–Crippen MR) is 128 cm³/mol. The fourth-order valence-corrected chi connectivity index (χ4v) is 4.07. The summed E-state index contributed by atoms with van der Waals surface area (Å²) >= 11 is 0. The molecule has 0 unspecified atom stereocenters. The first kappa shape index (κ1) is 20.2. The number of hydrogen-bond donors (Lipinski definition) is 1. The van der Waals surface area contributed by atoms with Crippen LogP contribution < -0.4 is 10.1 Å². The molecule has 6 nitrogen and oxygen atoms in total. The molecule has 0 saturated carbocycles. The van der Waals surface area contributed by atoms with Crippen LogP contribution in [-0.2, 0) is 6.54 Å². The lowest BCUT2D eigenvalue weighted by Gasteiger charge is -2.25. The number of aryl methyl sites for hydroxylation is 1. The molecule has 0 spiro atoms. The Bertz CT molecular complexity index is 1300. The normalized spacial score (nSPS) is 16.1. The van der Waals surface area contributed by atoms with Crippen LogP contribution in [0.15, 0.2) is 66.9 Å². The van der Waals surface area contributed by atoms with Crippen molar-refractivity contribution in [2.24, 2.45) is 5.41 Å². The van der Waals surface area contributed by atoms with Gasteiger partial charge in [-0.05, 0) is 54.7 Å². The number of pyridine rings is 1. The van der Waals surface area contributed by atoms with Gasteiger partial charge in [0.2, 0.25) is 5.95 Å². The van der Waals surface area contributed by atoms with Crippen molar-refractivity contribution in [3.8, 4) is 17.0 Å². The summed E-state index contributed by atoms with van der Waals surface area (Å²) in [6.45, 7) is 5.87. The fraction of sp³-hybridized carbons (Fsp3) is 0.269. The van der Waals surface area contributed by atoms with E-state index in [0.717, 1.165) is 41.7 Å². The second-order valence-corrected chi connectivity index (χ2v) is 8.97. The lowest BCUT2D eigenvalue weighted by Crippen LogP contribution is -2.20. The number of fused-ring (bicyclic) bond motifs is 7. The topological polar surface area (TPSA) is 69.0 Å². The molecule has 1 aliphatic rings. The Hall–Kier alpha value is -3.67. The van der Waals surface area contributed by atoms with E-state index in [9.17, 15) is 4.79 Å². The van der Waals surface area contributed by atoms with E-state index in [1.807, 2.05) is 48.5 Å². The lowest BCUT2D eigenvalue weighted by atomic mass is 9.86. The maximum atomic E-state index is 13.2. The van der Waals surface area contributed by atoms with Gasteiger partial charge >= 0.3 is 0 Å². The number of anilines is 1. The van der Waals surface area contributed by atoms with Crippen LogP contribution in [-0.4, -0.2) is 27.0 Å². The van der Waals surface area contributed by atoms with Crippen molar-refractivity contribution in [3.05, 3.63) is 72.4 Å². The van der Waals surface area contributed by atoms with Gasteiger partial charge in [0.15, 0.2) is 0 Å². The number of ether oxygens (including phenoxy) is 1. The zero-order chi connectivity index (χ0) is 22.1. The summed E-state index contributed by atoms with van der Waals surface area (Å²) in [6.07, 6.45) is 3.49. The van der Waals surface area contributed by atoms with Crippen LogP contribution in [0.3, 0.4) is 0 Å². The molecule has 6 heteroatoms. The second kappa shape index (κ2) is 8.11. The molecule has 2 bridgehead atoms. The highest BCUT2D eigenvalue weighted by molar-refractivity contribution is 6.04. The molecule has 4 aromatic rings.